The molecular formula is C23H16N6. The summed E-state index contributed by atoms with van der Waals surface area (Å²) in [5, 5.41) is 1.02. The van der Waals surface area contributed by atoms with Crippen molar-refractivity contribution in [2.24, 2.45) is 0 Å². The Hall–Kier alpha value is -4.06. The molecule has 0 aliphatic rings. The molecule has 4 heterocycles. The second kappa shape index (κ2) is 5.97. The first kappa shape index (κ1) is 15.9. The molecule has 0 saturated heterocycles. The zero-order valence-corrected chi connectivity index (χ0v) is 15.7. The van der Waals surface area contributed by atoms with Gasteiger partial charge < -0.3 is 4.98 Å². The maximum absolute atomic E-state index is 4.63. The van der Waals surface area contributed by atoms with E-state index < -0.39 is 0 Å². The normalized spacial score (nSPS) is 11.6. The number of hydrogen-bond donors (Lipinski definition) is 1. The van der Waals surface area contributed by atoms with Gasteiger partial charge in [-0.1, -0.05) is 29.8 Å². The van der Waals surface area contributed by atoms with Crippen LogP contribution in [-0.4, -0.2) is 29.5 Å². The van der Waals surface area contributed by atoms with E-state index in [0.29, 0.717) is 0 Å². The van der Waals surface area contributed by atoms with Gasteiger partial charge in [0.2, 0.25) is 0 Å². The van der Waals surface area contributed by atoms with Gasteiger partial charge in [0.05, 0.1) is 46.5 Å². The third-order valence-corrected chi connectivity index (χ3v) is 5.29. The van der Waals surface area contributed by atoms with Gasteiger partial charge >= 0.3 is 0 Å². The number of imidazole rings is 2. The molecular weight excluding hydrogens is 360 g/mol. The van der Waals surface area contributed by atoms with Crippen molar-refractivity contribution >= 4 is 33.0 Å². The SMILES string of the molecule is Cc1ccc(-c2cc3c(cn2)ncc2ncn(-c4ccc5nc[nH]c5c4)c23)cc1. The first-order valence-electron chi connectivity index (χ1n) is 9.39. The van der Waals surface area contributed by atoms with E-state index in [1.54, 1.807) is 12.5 Å². The van der Waals surface area contributed by atoms with Crippen LogP contribution in [0.3, 0.4) is 0 Å². The number of aryl methyl sites for hydroxylation is 1. The summed E-state index contributed by atoms with van der Waals surface area (Å²) in [5.74, 6) is 0. The van der Waals surface area contributed by atoms with Crippen molar-refractivity contribution in [1.29, 1.82) is 0 Å². The van der Waals surface area contributed by atoms with Crippen LogP contribution in [0.15, 0.2) is 73.6 Å². The van der Waals surface area contributed by atoms with Crippen molar-refractivity contribution in [3.63, 3.8) is 0 Å². The summed E-state index contributed by atoms with van der Waals surface area (Å²) in [6.07, 6.45) is 7.18. The number of aromatic nitrogens is 6. The van der Waals surface area contributed by atoms with Gasteiger partial charge in [-0.15, -0.1) is 0 Å². The Morgan fingerprint density at radius 3 is 2.55 bits per heavy atom. The summed E-state index contributed by atoms with van der Waals surface area (Å²) < 4.78 is 2.10. The van der Waals surface area contributed by atoms with Crippen molar-refractivity contribution in [3.05, 3.63) is 79.1 Å². The van der Waals surface area contributed by atoms with E-state index in [-0.39, 0.29) is 0 Å². The molecule has 0 aliphatic carbocycles. The van der Waals surface area contributed by atoms with Crippen LogP contribution in [-0.2, 0) is 0 Å². The molecule has 4 aromatic heterocycles. The standard InChI is InChI=1S/C23H16N6/c1-14-2-4-15(5-3-14)19-9-17-21(10-24-19)25-11-22-23(17)29(13-28-22)16-6-7-18-20(8-16)27-12-26-18/h2-13H,1H3,(H,26,27). The van der Waals surface area contributed by atoms with Gasteiger partial charge in [-0.05, 0) is 31.2 Å². The molecule has 0 atom stereocenters. The maximum atomic E-state index is 4.63. The molecule has 0 bridgehead atoms. The fourth-order valence-corrected chi connectivity index (χ4v) is 3.75. The lowest BCUT2D eigenvalue weighted by molar-refractivity contribution is 1.10. The summed E-state index contributed by atoms with van der Waals surface area (Å²) in [6, 6.07) is 16.6. The third-order valence-electron chi connectivity index (χ3n) is 5.29. The highest BCUT2D eigenvalue weighted by Crippen LogP contribution is 2.29. The predicted octanol–water partition coefficient (Wildman–Crippen LogP) is 4.82. The lowest BCUT2D eigenvalue weighted by atomic mass is 10.1. The average molecular weight is 376 g/mol. The Bertz CT molecular complexity index is 1510. The third kappa shape index (κ3) is 2.50. The van der Waals surface area contributed by atoms with Crippen molar-refractivity contribution in [3.8, 4) is 16.9 Å². The number of nitrogens with zero attached hydrogens (tertiary/aromatic N) is 5. The van der Waals surface area contributed by atoms with Gasteiger partial charge in [0.25, 0.3) is 0 Å². The van der Waals surface area contributed by atoms with E-state index in [1.165, 1.54) is 5.56 Å². The molecule has 138 valence electrons. The van der Waals surface area contributed by atoms with Crippen LogP contribution >= 0.6 is 0 Å². The summed E-state index contributed by atoms with van der Waals surface area (Å²) >= 11 is 0. The van der Waals surface area contributed by atoms with E-state index in [4.69, 9.17) is 0 Å². The first-order chi connectivity index (χ1) is 14.3. The smallest absolute Gasteiger partial charge is 0.108 e. The van der Waals surface area contributed by atoms with Crippen molar-refractivity contribution in [2.75, 3.05) is 0 Å². The highest BCUT2D eigenvalue weighted by Gasteiger charge is 2.12. The second-order valence-electron chi connectivity index (χ2n) is 7.16. The predicted molar refractivity (Wildman–Crippen MR) is 114 cm³/mol. The lowest BCUT2D eigenvalue weighted by Crippen LogP contribution is -1.94. The number of nitrogens with one attached hydrogen (secondary N) is 1. The van der Waals surface area contributed by atoms with Crippen molar-refractivity contribution in [1.82, 2.24) is 29.5 Å². The minimum Gasteiger partial charge on any atom is -0.345 e. The topological polar surface area (TPSA) is 72.3 Å². The number of benzene rings is 2. The fraction of sp³-hybridized carbons (Fsp3) is 0.0435. The Morgan fingerprint density at radius 2 is 1.66 bits per heavy atom. The van der Waals surface area contributed by atoms with Gasteiger partial charge in [0.15, 0.2) is 0 Å². The summed E-state index contributed by atoms with van der Waals surface area (Å²) in [4.78, 5) is 21.2. The number of hydrogen-bond acceptors (Lipinski definition) is 4. The van der Waals surface area contributed by atoms with Crippen LogP contribution in [0.1, 0.15) is 5.56 Å². The van der Waals surface area contributed by atoms with E-state index in [2.05, 4.69) is 78.9 Å². The van der Waals surface area contributed by atoms with Gasteiger partial charge in [-0.25, -0.2) is 9.97 Å². The van der Waals surface area contributed by atoms with Crippen LogP contribution < -0.4 is 0 Å². The summed E-state index contributed by atoms with van der Waals surface area (Å²) in [6.45, 7) is 2.08. The molecule has 0 unspecified atom stereocenters. The summed E-state index contributed by atoms with van der Waals surface area (Å²) in [7, 11) is 0. The molecule has 29 heavy (non-hydrogen) atoms. The molecule has 0 saturated carbocycles. The quantitative estimate of drug-likeness (QED) is 0.470. The molecule has 0 spiro atoms. The van der Waals surface area contributed by atoms with Gasteiger partial charge in [-0.2, -0.15) is 0 Å². The van der Waals surface area contributed by atoms with E-state index >= 15 is 0 Å². The van der Waals surface area contributed by atoms with Gasteiger partial charge in [0, 0.05) is 16.6 Å². The maximum Gasteiger partial charge on any atom is 0.108 e. The largest absolute Gasteiger partial charge is 0.345 e. The number of pyridine rings is 2. The molecule has 6 rings (SSSR count). The molecule has 6 aromatic rings. The zero-order chi connectivity index (χ0) is 19.4. The van der Waals surface area contributed by atoms with Crippen LogP contribution in [0.4, 0.5) is 0 Å². The lowest BCUT2D eigenvalue weighted by Gasteiger charge is -2.08. The molecule has 6 nitrogen and oxygen atoms in total. The van der Waals surface area contributed by atoms with E-state index in [0.717, 1.165) is 49.9 Å². The summed E-state index contributed by atoms with van der Waals surface area (Å²) in [5.41, 5.74) is 8.89. The molecule has 0 radical (unpaired) electrons. The minimum absolute atomic E-state index is 0.845. The Morgan fingerprint density at radius 1 is 0.793 bits per heavy atom. The Kier molecular flexibility index (Phi) is 3.28. The van der Waals surface area contributed by atoms with Crippen LogP contribution in [0.5, 0.6) is 0 Å². The number of rotatable bonds is 2. The molecule has 0 amide bonds. The van der Waals surface area contributed by atoms with E-state index in [1.807, 2.05) is 18.6 Å². The molecule has 0 aliphatic heterocycles. The van der Waals surface area contributed by atoms with Crippen LogP contribution in [0.25, 0.3) is 49.9 Å². The molecule has 1 N–H and O–H groups in total. The van der Waals surface area contributed by atoms with Crippen LogP contribution in [0.2, 0.25) is 0 Å². The van der Waals surface area contributed by atoms with Gasteiger partial charge in [0.1, 0.15) is 11.8 Å². The first-order valence-corrected chi connectivity index (χ1v) is 9.39. The molecule has 0 fully saturated rings. The highest BCUT2D eigenvalue weighted by molar-refractivity contribution is 6.03. The zero-order valence-electron chi connectivity index (χ0n) is 15.7. The second-order valence-corrected chi connectivity index (χ2v) is 7.16. The van der Waals surface area contributed by atoms with E-state index in [9.17, 15) is 0 Å². The fourth-order valence-electron chi connectivity index (χ4n) is 3.75. The Balaban J connectivity index is 1.62. The Labute approximate surface area is 165 Å². The van der Waals surface area contributed by atoms with Crippen molar-refractivity contribution < 1.29 is 0 Å². The number of aromatic amines is 1. The number of H-pyrrole nitrogens is 1. The number of fused-ring (bicyclic) bond motifs is 4. The van der Waals surface area contributed by atoms with Crippen LogP contribution in [0, 0.1) is 6.92 Å². The monoisotopic (exact) mass is 376 g/mol. The van der Waals surface area contributed by atoms with Gasteiger partial charge in [-0.3, -0.25) is 14.5 Å². The minimum atomic E-state index is 0.845. The highest BCUT2D eigenvalue weighted by atomic mass is 15.1. The molecule has 2 aromatic carbocycles. The van der Waals surface area contributed by atoms with Crippen molar-refractivity contribution in [2.45, 2.75) is 6.92 Å². The molecule has 6 heteroatoms. The average Bonchev–Trinajstić information content (AvgIpc) is 3.40.